The highest BCUT2D eigenvalue weighted by Crippen LogP contribution is 2.25. The lowest BCUT2D eigenvalue weighted by molar-refractivity contribution is -0.146. The van der Waals surface area contributed by atoms with Crippen LogP contribution in [-0.2, 0) is 11.2 Å². The van der Waals surface area contributed by atoms with E-state index >= 15 is 0 Å². The molecule has 15 heavy (non-hydrogen) atoms. The zero-order chi connectivity index (χ0) is 11.6. The number of aliphatic hydroxyl groups is 1. The fourth-order valence-electron chi connectivity index (χ4n) is 1.18. The van der Waals surface area contributed by atoms with Gasteiger partial charge in [0.2, 0.25) is 0 Å². The molecule has 0 radical (unpaired) electrons. The summed E-state index contributed by atoms with van der Waals surface area (Å²) in [5.41, 5.74) is 0.980. The highest BCUT2D eigenvalue weighted by atomic mass is 79.9. The molecule has 0 aliphatic rings. The molecule has 1 aromatic carbocycles. The number of benzene rings is 1. The molecule has 1 rings (SSSR count). The van der Waals surface area contributed by atoms with Gasteiger partial charge in [0.05, 0.1) is 0 Å². The highest BCUT2D eigenvalue weighted by molar-refractivity contribution is 9.10. The summed E-state index contributed by atoms with van der Waals surface area (Å²) in [6, 6.07) is 2.83. The topological polar surface area (TPSA) is 57.5 Å². The molecule has 0 aliphatic heterocycles. The lowest BCUT2D eigenvalue weighted by atomic mass is 10.0. The summed E-state index contributed by atoms with van der Waals surface area (Å²) in [6.45, 7) is 1.76. The van der Waals surface area contributed by atoms with Gasteiger partial charge in [0.15, 0.2) is 6.10 Å². The first kappa shape index (κ1) is 12.1. The van der Waals surface area contributed by atoms with Crippen molar-refractivity contribution in [2.45, 2.75) is 19.4 Å². The molecule has 1 atom stereocenters. The van der Waals surface area contributed by atoms with Crippen LogP contribution in [-0.4, -0.2) is 22.3 Å². The number of aryl methyl sites for hydroxylation is 1. The molecule has 0 bridgehead atoms. The minimum absolute atomic E-state index is 0.185. The number of halogens is 2. The van der Waals surface area contributed by atoms with Crippen molar-refractivity contribution in [3.63, 3.8) is 0 Å². The van der Waals surface area contributed by atoms with Crippen molar-refractivity contribution < 1.29 is 19.4 Å². The van der Waals surface area contributed by atoms with Crippen molar-refractivity contribution >= 4 is 21.9 Å². The molecule has 0 fully saturated rings. The maximum atomic E-state index is 13.3. The van der Waals surface area contributed by atoms with Crippen LogP contribution >= 0.6 is 15.9 Å². The largest absolute Gasteiger partial charge is 0.479 e. The number of aliphatic hydroxyl groups excluding tert-OH is 1. The van der Waals surface area contributed by atoms with E-state index in [1.54, 1.807) is 13.0 Å². The van der Waals surface area contributed by atoms with Crippen molar-refractivity contribution in [2.75, 3.05) is 0 Å². The lowest BCUT2D eigenvalue weighted by Crippen LogP contribution is -2.22. The standard InChI is InChI=1S/C10H10BrFO3/c1-5-2-3-7(12)6(9(5)11)4-8(13)10(14)15/h2-3,8,13H,4H2,1H3,(H,14,15). The van der Waals surface area contributed by atoms with Gasteiger partial charge in [-0.05, 0) is 18.6 Å². The molecule has 2 N–H and O–H groups in total. The number of aliphatic carboxylic acids is 1. The fraction of sp³-hybridized carbons (Fsp3) is 0.300. The summed E-state index contributed by atoms with van der Waals surface area (Å²) in [7, 11) is 0. The first-order valence-corrected chi connectivity index (χ1v) is 5.07. The van der Waals surface area contributed by atoms with Crippen LogP contribution in [0.4, 0.5) is 4.39 Å². The summed E-state index contributed by atoms with van der Waals surface area (Å²) >= 11 is 3.16. The Morgan fingerprint density at radius 2 is 2.20 bits per heavy atom. The second kappa shape index (κ2) is 4.72. The summed E-state index contributed by atoms with van der Waals surface area (Å²) in [4.78, 5) is 10.4. The van der Waals surface area contributed by atoms with E-state index in [9.17, 15) is 9.18 Å². The van der Waals surface area contributed by atoms with Crippen LogP contribution in [0.15, 0.2) is 16.6 Å². The molecule has 0 saturated carbocycles. The minimum atomic E-state index is -1.59. The number of hydrogen-bond acceptors (Lipinski definition) is 2. The Hall–Kier alpha value is -0.940. The maximum Gasteiger partial charge on any atom is 0.332 e. The molecule has 5 heteroatoms. The molecular formula is C10H10BrFO3. The van der Waals surface area contributed by atoms with Crippen LogP contribution in [0.1, 0.15) is 11.1 Å². The molecule has 0 amide bonds. The molecular weight excluding hydrogens is 267 g/mol. The van der Waals surface area contributed by atoms with E-state index in [-0.39, 0.29) is 12.0 Å². The van der Waals surface area contributed by atoms with Crippen LogP contribution in [0, 0.1) is 12.7 Å². The third-order valence-electron chi connectivity index (χ3n) is 2.06. The number of rotatable bonds is 3. The van der Waals surface area contributed by atoms with Crippen LogP contribution in [0.3, 0.4) is 0 Å². The fourth-order valence-corrected chi connectivity index (χ4v) is 1.67. The average molecular weight is 277 g/mol. The van der Waals surface area contributed by atoms with E-state index in [2.05, 4.69) is 15.9 Å². The van der Waals surface area contributed by atoms with Crippen LogP contribution < -0.4 is 0 Å². The third kappa shape index (κ3) is 2.76. The van der Waals surface area contributed by atoms with Crippen molar-refractivity contribution in [3.8, 4) is 0 Å². The maximum absolute atomic E-state index is 13.3. The average Bonchev–Trinajstić information content (AvgIpc) is 2.18. The first-order chi connectivity index (χ1) is 6.93. The van der Waals surface area contributed by atoms with Gasteiger partial charge in [-0.3, -0.25) is 0 Å². The number of hydrogen-bond donors (Lipinski definition) is 2. The van der Waals surface area contributed by atoms with Crippen LogP contribution in [0.2, 0.25) is 0 Å². The summed E-state index contributed by atoms with van der Waals surface area (Å²) < 4.78 is 13.8. The van der Waals surface area contributed by atoms with Crippen molar-refractivity contribution in [1.82, 2.24) is 0 Å². The van der Waals surface area contributed by atoms with Crippen LogP contribution in [0.25, 0.3) is 0 Å². The van der Waals surface area contributed by atoms with Gasteiger partial charge in [-0.25, -0.2) is 9.18 Å². The van der Waals surface area contributed by atoms with Crippen molar-refractivity contribution in [3.05, 3.63) is 33.5 Å². The summed E-state index contributed by atoms with van der Waals surface area (Å²) in [5, 5.41) is 17.6. The monoisotopic (exact) mass is 276 g/mol. The quantitative estimate of drug-likeness (QED) is 0.887. The second-order valence-electron chi connectivity index (χ2n) is 3.21. The molecule has 0 aromatic heterocycles. The Balaban J connectivity index is 3.03. The number of carboxylic acids is 1. The Morgan fingerprint density at radius 3 is 2.73 bits per heavy atom. The summed E-state index contributed by atoms with van der Waals surface area (Å²) in [5.74, 6) is -1.88. The van der Waals surface area contributed by atoms with Crippen molar-refractivity contribution in [2.24, 2.45) is 0 Å². The lowest BCUT2D eigenvalue weighted by Gasteiger charge is -2.10. The van der Waals surface area contributed by atoms with Gasteiger partial charge in [0.25, 0.3) is 0 Å². The smallest absolute Gasteiger partial charge is 0.332 e. The molecule has 0 aliphatic carbocycles. The van der Waals surface area contributed by atoms with Gasteiger partial charge in [-0.1, -0.05) is 22.0 Å². The molecule has 0 heterocycles. The summed E-state index contributed by atoms with van der Waals surface area (Å²) in [6.07, 6.45) is -1.83. The first-order valence-electron chi connectivity index (χ1n) is 4.28. The van der Waals surface area contributed by atoms with E-state index < -0.39 is 17.9 Å². The zero-order valence-electron chi connectivity index (χ0n) is 8.00. The van der Waals surface area contributed by atoms with Crippen LogP contribution in [0.5, 0.6) is 0 Å². The Kier molecular flexibility index (Phi) is 3.82. The van der Waals surface area contributed by atoms with Gasteiger partial charge < -0.3 is 10.2 Å². The third-order valence-corrected chi connectivity index (χ3v) is 3.17. The molecule has 1 aromatic rings. The van der Waals surface area contributed by atoms with E-state index in [0.29, 0.717) is 4.47 Å². The number of carboxylic acid groups (broad SMARTS) is 1. The van der Waals surface area contributed by atoms with Gasteiger partial charge in [0.1, 0.15) is 5.82 Å². The molecule has 1 unspecified atom stereocenters. The van der Waals surface area contributed by atoms with Gasteiger partial charge >= 0.3 is 5.97 Å². The van der Waals surface area contributed by atoms with Crippen molar-refractivity contribution in [1.29, 1.82) is 0 Å². The molecule has 82 valence electrons. The Bertz CT molecular complexity index is 392. The highest BCUT2D eigenvalue weighted by Gasteiger charge is 2.18. The molecule has 3 nitrogen and oxygen atoms in total. The normalized spacial score (nSPS) is 12.5. The van der Waals surface area contributed by atoms with Gasteiger partial charge in [-0.15, -0.1) is 0 Å². The SMILES string of the molecule is Cc1ccc(F)c(CC(O)C(=O)O)c1Br. The second-order valence-corrected chi connectivity index (χ2v) is 4.01. The Morgan fingerprint density at radius 1 is 1.60 bits per heavy atom. The van der Waals surface area contributed by atoms with Gasteiger partial charge in [0, 0.05) is 16.5 Å². The minimum Gasteiger partial charge on any atom is -0.479 e. The van der Waals surface area contributed by atoms with E-state index in [4.69, 9.17) is 10.2 Å². The zero-order valence-corrected chi connectivity index (χ0v) is 9.58. The molecule has 0 spiro atoms. The number of carbonyl (C=O) groups is 1. The van der Waals surface area contributed by atoms with E-state index in [1.807, 2.05) is 0 Å². The van der Waals surface area contributed by atoms with E-state index in [0.717, 1.165) is 5.56 Å². The predicted octanol–water partition coefficient (Wildman–Crippen LogP) is 1.88. The van der Waals surface area contributed by atoms with Gasteiger partial charge in [-0.2, -0.15) is 0 Å². The Labute approximate surface area is 94.7 Å². The predicted molar refractivity (Wildman–Crippen MR) is 56.2 cm³/mol. The molecule has 0 saturated heterocycles. The van der Waals surface area contributed by atoms with E-state index in [1.165, 1.54) is 6.07 Å².